The fourth-order valence-electron chi connectivity index (χ4n) is 9.46. The lowest BCUT2D eigenvalue weighted by molar-refractivity contribution is 0.260. The molecule has 0 saturated carbocycles. The van der Waals surface area contributed by atoms with Gasteiger partial charge in [0.25, 0.3) is 0 Å². The standard InChI is InChI=1S/C50H38N2O2/c1-49(2)39-15-6-5-14-35(39)37-22-23-38-36-21-20-31(28-40(36)50(3,4)46(38)45(37)49)29-12-11-13-30(24-29)32-25-33(47-51-41-16-7-9-18-43(41)53-47)27-34(26-32)48-52-42-17-8-10-19-44(42)54-48/h5-28,47,51H,1-4H3. The van der Waals surface area contributed by atoms with E-state index in [1.807, 2.05) is 48.5 Å². The van der Waals surface area contributed by atoms with Gasteiger partial charge in [-0.25, -0.2) is 4.98 Å². The number of rotatable bonds is 4. The predicted octanol–water partition coefficient (Wildman–Crippen LogP) is 12.9. The van der Waals surface area contributed by atoms with Gasteiger partial charge >= 0.3 is 0 Å². The lowest BCUT2D eigenvalue weighted by Crippen LogP contribution is -2.24. The van der Waals surface area contributed by atoms with E-state index in [2.05, 4.69) is 130 Å². The van der Waals surface area contributed by atoms with Gasteiger partial charge in [-0.1, -0.05) is 119 Å². The molecular formula is C50H38N2O2. The summed E-state index contributed by atoms with van der Waals surface area (Å²) in [6, 6.07) is 52.1. The number of oxazole rings is 1. The third kappa shape index (κ3) is 4.46. The second kappa shape index (κ2) is 11.1. The summed E-state index contributed by atoms with van der Waals surface area (Å²) < 4.78 is 12.7. The maximum atomic E-state index is 6.41. The van der Waals surface area contributed by atoms with Gasteiger partial charge < -0.3 is 14.5 Å². The Balaban J connectivity index is 1.00. The summed E-state index contributed by atoms with van der Waals surface area (Å²) in [4.78, 5) is 4.87. The molecule has 7 aromatic carbocycles. The van der Waals surface area contributed by atoms with E-state index in [0.717, 1.165) is 44.8 Å². The van der Waals surface area contributed by atoms with Crippen molar-refractivity contribution in [3.8, 4) is 61.7 Å². The van der Waals surface area contributed by atoms with Gasteiger partial charge in [0.1, 0.15) is 11.3 Å². The maximum Gasteiger partial charge on any atom is 0.227 e. The van der Waals surface area contributed by atoms with E-state index in [4.69, 9.17) is 14.1 Å². The van der Waals surface area contributed by atoms with Crippen LogP contribution in [0.3, 0.4) is 0 Å². The molecule has 8 aromatic rings. The molecule has 4 nitrogen and oxygen atoms in total. The van der Waals surface area contributed by atoms with Gasteiger partial charge in [-0.2, -0.15) is 0 Å². The highest BCUT2D eigenvalue weighted by Gasteiger charge is 2.45. The number of anilines is 1. The van der Waals surface area contributed by atoms with E-state index in [-0.39, 0.29) is 17.1 Å². The second-order valence-electron chi connectivity index (χ2n) is 16.0. The molecule has 1 atom stereocenters. The lowest BCUT2D eigenvalue weighted by atomic mass is 9.72. The molecule has 54 heavy (non-hydrogen) atoms. The van der Waals surface area contributed by atoms with Crippen molar-refractivity contribution in [2.75, 3.05) is 5.32 Å². The summed E-state index contributed by atoms with van der Waals surface area (Å²) in [6.07, 6.45) is -0.339. The Kier molecular flexibility index (Phi) is 6.39. The van der Waals surface area contributed by atoms with Crippen molar-refractivity contribution in [1.29, 1.82) is 0 Å². The van der Waals surface area contributed by atoms with Gasteiger partial charge in [0.05, 0.1) is 5.69 Å². The first-order valence-corrected chi connectivity index (χ1v) is 18.8. The zero-order valence-corrected chi connectivity index (χ0v) is 30.7. The van der Waals surface area contributed by atoms with E-state index in [0.29, 0.717) is 5.89 Å². The molecule has 11 rings (SSSR count). The molecule has 4 heteroatoms. The minimum atomic E-state index is -0.339. The number of hydrogen-bond acceptors (Lipinski definition) is 4. The van der Waals surface area contributed by atoms with Crippen LogP contribution in [0, 0.1) is 0 Å². The zero-order valence-electron chi connectivity index (χ0n) is 30.7. The van der Waals surface area contributed by atoms with Crippen LogP contribution in [0.25, 0.3) is 67.1 Å². The van der Waals surface area contributed by atoms with Gasteiger partial charge in [-0.05, 0) is 121 Å². The Morgan fingerprint density at radius 2 is 1.15 bits per heavy atom. The van der Waals surface area contributed by atoms with Crippen LogP contribution in [0.5, 0.6) is 5.75 Å². The van der Waals surface area contributed by atoms with E-state index in [1.54, 1.807) is 0 Å². The van der Waals surface area contributed by atoms with Crippen LogP contribution < -0.4 is 10.1 Å². The fraction of sp³-hybridized carbons (Fsp3) is 0.140. The summed E-state index contributed by atoms with van der Waals surface area (Å²) in [6.45, 7) is 9.61. The van der Waals surface area contributed by atoms with E-state index in [1.165, 1.54) is 55.6 Å². The zero-order chi connectivity index (χ0) is 36.3. The molecular weight excluding hydrogens is 661 g/mol. The molecule has 0 radical (unpaired) electrons. The largest absolute Gasteiger partial charge is 0.464 e. The van der Waals surface area contributed by atoms with Gasteiger partial charge in [-0.3, -0.25) is 0 Å². The summed E-state index contributed by atoms with van der Waals surface area (Å²) in [7, 11) is 0. The average molecular weight is 699 g/mol. The van der Waals surface area contributed by atoms with Crippen LogP contribution in [0.4, 0.5) is 5.69 Å². The van der Waals surface area contributed by atoms with Crippen LogP contribution in [-0.4, -0.2) is 4.98 Å². The molecule has 1 unspecified atom stereocenters. The lowest BCUT2D eigenvalue weighted by Gasteiger charge is -2.30. The van der Waals surface area contributed by atoms with E-state index in [9.17, 15) is 0 Å². The van der Waals surface area contributed by atoms with Crippen molar-refractivity contribution < 1.29 is 9.15 Å². The highest BCUT2D eigenvalue weighted by Crippen LogP contribution is 2.59. The Bertz CT molecular complexity index is 2800. The molecule has 1 N–H and O–H groups in total. The average Bonchev–Trinajstić information content (AvgIpc) is 3.95. The van der Waals surface area contributed by atoms with Crippen molar-refractivity contribution in [2.45, 2.75) is 44.8 Å². The first kappa shape index (κ1) is 31.2. The van der Waals surface area contributed by atoms with Gasteiger partial charge in [0, 0.05) is 22.0 Å². The van der Waals surface area contributed by atoms with E-state index >= 15 is 0 Å². The first-order chi connectivity index (χ1) is 26.2. The number of nitrogens with zero attached hydrogens (tertiary/aromatic N) is 1. The van der Waals surface area contributed by atoms with Crippen molar-refractivity contribution in [1.82, 2.24) is 4.98 Å². The summed E-state index contributed by atoms with van der Waals surface area (Å²) in [5.41, 5.74) is 20.0. The highest BCUT2D eigenvalue weighted by atomic mass is 16.5. The topological polar surface area (TPSA) is 47.3 Å². The number of nitrogens with one attached hydrogen (secondary N) is 1. The summed E-state index contributed by atoms with van der Waals surface area (Å²) in [5, 5.41) is 3.56. The van der Waals surface area contributed by atoms with Crippen LogP contribution in [0.15, 0.2) is 150 Å². The van der Waals surface area contributed by atoms with Crippen molar-refractivity contribution in [3.63, 3.8) is 0 Å². The van der Waals surface area contributed by atoms with Crippen LogP contribution >= 0.6 is 0 Å². The van der Waals surface area contributed by atoms with Gasteiger partial charge in [0.2, 0.25) is 5.89 Å². The molecule has 0 spiro atoms. The number of hydrogen-bond donors (Lipinski definition) is 1. The molecule has 2 aliphatic carbocycles. The quantitative estimate of drug-likeness (QED) is 0.199. The van der Waals surface area contributed by atoms with E-state index < -0.39 is 0 Å². The smallest absolute Gasteiger partial charge is 0.227 e. The van der Waals surface area contributed by atoms with Gasteiger partial charge in [0.15, 0.2) is 11.8 Å². The molecule has 0 bridgehead atoms. The Morgan fingerprint density at radius 1 is 0.519 bits per heavy atom. The summed E-state index contributed by atoms with van der Waals surface area (Å²) in [5.74, 6) is 1.43. The van der Waals surface area contributed by atoms with Crippen LogP contribution in [-0.2, 0) is 10.8 Å². The molecule has 0 fully saturated rings. The number of aromatic nitrogens is 1. The number of benzene rings is 7. The van der Waals surface area contributed by atoms with Crippen molar-refractivity contribution >= 4 is 16.8 Å². The molecule has 1 aromatic heterocycles. The minimum absolute atomic E-state index is 0.0686. The summed E-state index contributed by atoms with van der Waals surface area (Å²) >= 11 is 0. The second-order valence-corrected chi connectivity index (χ2v) is 16.0. The molecule has 0 saturated heterocycles. The number of ether oxygens (including phenoxy) is 1. The third-order valence-corrected chi connectivity index (χ3v) is 12.1. The molecule has 1 aliphatic heterocycles. The van der Waals surface area contributed by atoms with Crippen molar-refractivity contribution in [2.24, 2.45) is 0 Å². The van der Waals surface area contributed by atoms with Crippen LogP contribution in [0.2, 0.25) is 0 Å². The van der Waals surface area contributed by atoms with Crippen LogP contribution in [0.1, 0.15) is 61.7 Å². The Labute approximate surface area is 315 Å². The first-order valence-electron chi connectivity index (χ1n) is 18.8. The number of fused-ring (bicyclic) bond motifs is 9. The van der Waals surface area contributed by atoms with Crippen molar-refractivity contribution in [3.05, 3.63) is 173 Å². The molecule has 2 heterocycles. The SMILES string of the molecule is CC1(C)c2ccccc2-c2ccc3c(c21)C(C)(C)c1cc(-c2cccc(-c4cc(-c5nc6ccccc6o5)cc(C5Nc6ccccc6O5)c4)c2)ccc1-3. The monoisotopic (exact) mass is 698 g/mol. The molecule has 3 aliphatic rings. The highest BCUT2D eigenvalue weighted by molar-refractivity contribution is 5.92. The number of para-hydroxylation sites is 4. The maximum absolute atomic E-state index is 6.41. The fourth-order valence-corrected chi connectivity index (χ4v) is 9.46. The predicted molar refractivity (Wildman–Crippen MR) is 219 cm³/mol. The Hall–Kier alpha value is -6.39. The third-order valence-electron chi connectivity index (χ3n) is 12.1. The Morgan fingerprint density at radius 3 is 1.96 bits per heavy atom. The molecule has 0 amide bonds. The minimum Gasteiger partial charge on any atom is -0.464 e. The van der Waals surface area contributed by atoms with Gasteiger partial charge in [-0.15, -0.1) is 0 Å². The molecule has 260 valence electrons. The normalized spacial score (nSPS) is 16.6.